The van der Waals surface area contributed by atoms with Gasteiger partial charge in [0.15, 0.2) is 5.82 Å². The van der Waals surface area contributed by atoms with Crippen molar-refractivity contribution in [1.29, 1.82) is 0 Å². The lowest BCUT2D eigenvalue weighted by Gasteiger charge is -2.08. The maximum Gasteiger partial charge on any atom is 0.221 e. The van der Waals surface area contributed by atoms with E-state index in [-0.39, 0.29) is 5.91 Å². The molecule has 26 heavy (non-hydrogen) atoms. The number of benzene rings is 1. The number of aryl methyl sites for hydroxylation is 1. The van der Waals surface area contributed by atoms with Crippen LogP contribution < -0.4 is 5.32 Å². The molecule has 6 nitrogen and oxygen atoms in total. The topological polar surface area (TPSA) is 79.9 Å². The Morgan fingerprint density at radius 2 is 2.12 bits per heavy atom. The van der Waals surface area contributed by atoms with Crippen LogP contribution in [0.15, 0.2) is 30.3 Å². The second-order valence-corrected chi connectivity index (χ2v) is 7.12. The summed E-state index contributed by atoms with van der Waals surface area (Å²) in [5.41, 5.74) is 4.48. The third kappa shape index (κ3) is 2.85. The van der Waals surface area contributed by atoms with E-state index >= 15 is 0 Å². The Morgan fingerprint density at radius 3 is 2.85 bits per heavy atom. The number of rotatable bonds is 4. The molecule has 4 rings (SSSR count). The fourth-order valence-electron chi connectivity index (χ4n) is 3.10. The van der Waals surface area contributed by atoms with Crippen molar-refractivity contribution in [2.45, 2.75) is 20.5 Å². The van der Waals surface area contributed by atoms with Crippen LogP contribution in [0.1, 0.15) is 18.2 Å². The van der Waals surface area contributed by atoms with Gasteiger partial charge in [-0.25, -0.2) is 9.97 Å². The van der Waals surface area contributed by atoms with E-state index in [0.29, 0.717) is 6.61 Å². The number of ether oxygens (including phenoxy) is 1. The highest BCUT2D eigenvalue weighted by Gasteiger charge is 2.21. The van der Waals surface area contributed by atoms with Crippen LogP contribution >= 0.6 is 11.3 Å². The standard InChI is InChI=1S/C19H18N4O2S/c1-10-8-12(9-25-3)15-16(21-11(2)24)17(26-19(15)20-10)18-22-13-6-4-5-7-14(13)23-18/h4-8H,9H2,1-3H3,(H,21,24)(H,22,23). The van der Waals surface area contributed by atoms with Gasteiger partial charge < -0.3 is 15.0 Å². The van der Waals surface area contributed by atoms with E-state index < -0.39 is 0 Å². The van der Waals surface area contributed by atoms with Gasteiger partial charge in [-0.1, -0.05) is 12.1 Å². The average Bonchev–Trinajstić information content (AvgIpc) is 3.16. The molecule has 7 heteroatoms. The number of para-hydroxylation sites is 2. The number of thiophene rings is 1. The maximum absolute atomic E-state index is 11.9. The van der Waals surface area contributed by atoms with Gasteiger partial charge in [0, 0.05) is 25.1 Å². The number of nitrogens with one attached hydrogen (secondary N) is 2. The number of nitrogens with zero attached hydrogens (tertiary/aromatic N) is 2. The van der Waals surface area contributed by atoms with Crippen LogP contribution in [0.3, 0.4) is 0 Å². The molecule has 0 aliphatic rings. The van der Waals surface area contributed by atoms with Crippen LogP contribution in [0.2, 0.25) is 0 Å². The minimum Gasteiger partial charge on any atom is -0.380 e. The summed E-state index contributed by atoms with van der Waals surface area (Å²) in [5.74, 6) is 0.588. The monoisotopic (exact) mass is 366 g/mol. The molecular formula is C19H18N4O2S. The average molecular weight is 366 g/mol. The number of hydrogen-bond donors (Lipinski definition) is 2. The third-order valence-corrected chi connectivity index (χ3v) is 5.17. The second kappa shape index (κ2) is 6.51. The molecule has 1 aromatic carbocycles. The first kappa shape index (κ1) is 16.7. The van der Waals surface area contributed by atoms with Gasteiger partial charge in [-0.05, 0) is 30.7 Å². The van der Waals surface area contributed by atoms with E-state index in [4.69, 9.17) is 4.74 Å². The molecule has 0 bridgehead atoms. The molecule has 1 amide bonds. The molecular weight excluding hydrogens is 348 g/mol. The minimum absolute atomic E-state index is 0.133. The first-order valence-corrected chi connectivity index (χ1v) is 9.03. The van der Waals surface area contributed by atoms with E-state index in [1.54, 1.807) is 7.11 Å². The second-order valence-electron chi connectivity index (χ2n) is 6.13. The number of methoxy groups -OCH3 is 1. The zero-order chi connectivity index (χ0) is 18.3. The normalized spacial score (nSPS) is 11.3. The fourth-order valence-corrected chi connectivity index (χ4v) is 4.27. The molecule has 0 saturated carbocycles. The first-order valence-electron chi connectivity index (χ1n) is 8.21. The summed E-state index contributed by atoms with van der Waals surface area (Å²) in [6.45, 7) is 3.91. The van der Waals surface area contributed by atoms with Gasteiger partial charge in [0.2, 0.25) is 5.91 Å². The lowest BCUT2D eigenvalue weighted by Crippen LogP contribution is -2.07. The number of aromatic amines is 1. The van der Waals surface area contributed by atoms with Crippen LogP contribution in [0.25, 0.3) is 32.0 Å². The van der Waals surface area contributed by atoms with E-state index in [2.05, 4.69) is 20.3 Å². The van der Waals surface area contributed by atoms with E-state index in [0.717, 1.165) is 48.9 Å². The highest BCUT2D eigenvalue weighted by molar-refractivity contribution is 7.22. The zero-order valence-electron chi connectivity index (χ0n) is 14.7. The van der Waals surface area contributed by atoms with Crippen molar-refractivity contribution in [1.82, 2.24) is 15.0 Å². The van der Waals surface area contributed by atoms with Crippen molar-refractivity contribution in [2.24, 2.45) is 0 Å². The molecule has 0 aliphatic heterocycles. The first-order chi connectivity index (χ1) is 12.6. The number of amides is 1. The van der Waals surface area contributed by atoms with E-state index in [9.17, 15) is 4.79 Å². The molecule has 3 heterocycles. The molecule has 0 saturated heterocycles. The zero-order valence-corrected chi connectivity index (χ0v) is 15.5. The molecule has 0 aliphatic carbocycles. The third-order valence-electron chi connectivity index (χ3n) is 4.08. The van der Waals surface area contributed by atoms with Crippen molar-refractivity contribution < 1.29 is 9.53 Å². The number of carbonyl (C=O) groups excluding carboxylic acids is 1. The molecule has 0 fully saturated rings. The summed E-state index contributed by atoms with van der Waals surface area (Å²) in [7, 11) is 1.66. The number of imidazole rings is 1. The molecule has 0 spiro atoms. The molecule has 3 aromatic heterocycles. The van der Waals surface area contributed by atoms with Gasteiger partial charge in [-0.2, -0.15) is 0 Å². The van der Waals surface area contributed by atoms with Gasteiger partial charge in [-0.3, -0.25) is 4.79 Å². The van der Waals surface area contributed by atoms with Crippen molar-refractivity contribution >= 4 is 44.2 Å². The molecule has 132 valence electrons. The molecule has 2 N–H and O–H groups in total. The van der Waals surface area contributed by atoms with Crippen molar-refractivity contribution in [3.63, 3.8) is 0 Å². The quantitative estimate of drug-likeness (QED) is 0.566. The Balaban J connectivity index is 2.01. The van der Waals surface area contributed by atoms with Crippen LogP contribution in [0.4, 0.5) is 5.69 Å². The number of carbonyl (C=O) groups is 1. The Bertz CT molecular complexity index is 1100. The smallest absolute Gasteiger partial charge is 0.221 e. The van der Waals surface area contributed by atoms with E-state index in [1.165, 1.54) is 18.3 Å². The minimum atomic E-state index is -0.133. The van der Waals surface area contributed by atoms with Crippen molar-refractivity contribution in [2.75, 3.05) is 12.4 Å². The maximum atomic E-state index is 11.9. The number of hydrogen-bond acceptors (Lipinski definition) is 5. The van der Waals surface area contributed by atoms with Crippen molar-refractivity contribution in [3.05, 3.63) is 41.6 Å². The number of anilines is 1. The van der Waals surface area contributed by atoms with Gasteiger partial charge in [0.05, 0.1) is 28.2 Å². The summed E-state index contributed by atoms with van der Waals surface area (Å²) in [6.07, 6.45) is 0. The summed E-state index contributed by atoms with van der Waals surface area (Å²) >= 11 is 1.51. The van der Waals surface area contributed by atoms with E-state index in [1.807, 2.05) is 37.3 Å². The Kier molecular flexibility index (Phi) is 4.18. The Labute approximate surface area is 154 Å². The Morgan fingerprint density at radius 1 is 1.31 bits per heavy atom. The highest BCUT2D eigenvalue weighted by atomic mass is 32.1. The summed E-state index contributed by atoms with van der Waals surface area (Å²) in [5, 5.41) is 3.88. The highest BCUT2D eigenvalue weighted by Crippen LogP contribution is 2.43. The molecule has 4 aromatic rings. The predicted molar refractivity (Wildman–Crippen MR) is 104 cm³/mol. The lowest BCUT2D eigenvalue weighted by atomic mass is 10.1. The predicted octanol–water partition coefficient (Wildman–Crippen LogP) is 4.25. The van der Waals surface area contributed by atoms with Crippen LogP contribution in [0.5, 0.6) is 0 Å². The lowest BCUT2D eigenvalue weighted by molar-refractivity contribution is -0.114. The largest absolute Gasteiger partial charge is 0.380 e. The number of H-pyrrole nitrogens is 1. The molecule has 0 atom stereocenters. The number of fused-ring (bicyclic) bond motifs is 2. The van der Waals surface area contributed by atoms with Crippen LogP contribution in [-0.2, 0) is 16.1 Å². The van der Waals surface area contributed by atoms with Gasteiger partial charge in [0.1, 0.15) is 4.83 Å². The SMILES string of the molecule is COCc1cc(C)nc2sc(-c3nc4ccccc4[nH]3)c(NC(C)=O)c12. The molecule has 0 radical (unpaired) electrons. The fraction of sp³-hybridized carbons (Fsp3) is 0.211. The van der Waals surface area contributed by atoms with Gasteiger partial charge >= 0.3 is 0 Å². The summed E-state index contributed by atoms with van der Waals surface area (Å²) < 4.78 is 5.35. The summed E-state index contributed by atoms with van der Waals surface area (Å²) in [6, 6.07) is 9.85. The summed E-state index contributed by atoms with van der Waals surface area (Å²) in [4.78, 5) is 26.3. The molecule has 0 unspecified atom stereocenters. The van der Waals surface area contributed by atoms with Gasteiger partial charge in [-0.15, -0.1) is 11.3 Å². The van der Waals surface area contributed by atoms with Crippen LogP contribution in [-0.4, -0.2) is 28.0 Å². The number of aromatic nitrogens is 3. The Hall–Kier alpha value is -2.77. The van der Waals surface area contributed by atoms with Crippen molar-refractivity contribution in [3.8, 4) is 10.7 Å². The van der Waals surface area contributed by atoms with Gasteiger partial charge in [0.25, 0.3) is 0 Å². The number of pyridine rings is 1. The van der Waals surface area contributed by atoms with Crippen LogP contribution in [0, 0.1) is 6.92 Å².